The third-order valence-electron chi connectivity index (χ3n) is 2.95. The van der Waals surface area contributed by atoms with E-state index < -0.39 is 11.9 Å². The number of nitriles is 1. The molecule has 0 saturated heterocycles. The molecule has 23 heavy (non-hydrogen) atoms. The molecule has 6 heteroatoms. The van der Waals surface area contributed by atoms with Crippen LogP contribution in [0.15, 0.2) is 42.5 Å². The minimum Gasteiger partial charge on any atom is -0.465 e. The van der Waals surface area contributed by atoms with Gasteiger partial charge in [0.25, 0.3) is 0 Å². The van der Waals surface area contributed by atoms with Gasteiger partial charge in [-0.25, -0.2) is 9.59 Å². The van der Waals surface area contributed by atoms with Crippen LogP contribution in [0.1, 0.15) is 26.3 Å². The van der Waals surface area contributed by atoms with Crippen LogP contribution in [0.4, 0.5) is 0 Å². The second-order valence-electron chi connectivity index (χ2n) is 4.47. The van der Waals surface area contributed by atoms with Crippen molar-refractivity contribution in [1.82, 2.24) is 0 Å². The predicted molar refractivity (Wildman–Crippen MR) is 80.4 cm³/mol. The lowest BCUT2D eigenvalue weighted by Gasteiger charge is -2.09. The first-order valence-electron chi connectivity index (χ1n) is 6.57. The molecule has 2 rings (SSSR count). The number of ether oxygens (including phenoxy) is 3. The van der Waals surface area contributed by atoms with E-state index in [9.17, 15) is 9.59 Å². The fourth-order valence-corrected chi connectivity index (χ4v) is 1.89. The molecular formula is C17H13NO5. The monoisotopic (exact) mass is 311 g/mol. The van der Waals surface area contributed by atoms with Gasteiger partial charge in [0.05, 0.1) is 37.0 Å². The minimum absolute atomic E-state index is 0.154. The van der Waals surface area contributed by atoms with Gasteiger partial charge >= 0.3 is 11.9 Å². The summed E-state index contributed by atoms with van der Waals surface area (Å²) in [6.45, 7) is 0. The fourth-order valence-electron chi connectivity index (χ4n) is 1.89. The molecule has 0 aliphatic carbocycles. The molecule has 0 unspecified atom stereocenters. The summed E-state index contributed by atoms with van der Waals surface area (Å²) in [5.41, 5.74) is 0.739. The number of carbonyl (C=O) groups is 2. The van der Waals surface area contributed by atoms with Gasteiger partial charge in [-0.1, -0.05) is 6.07 Å². The summed E-state index contributed by atoms with van der Waals surface area (Å²) in [6.07, 6.45) is 0. The first-order chi connectivity index (χ1) is 11.1. The Bertz CT molecular complexity index is 758. The van der Waals surface area contributed by atoms with Crippen molar-refractivity contribution in [2.45, 2.75) is 0 Å². The zero-order valence-corrected chi connectivity index (χ0v) is 12.5. The molecule has 2 aromatic rings. The molecule has 0 aliphatic rings. The molecule has 0 spiro atoms. The van der Waals surface area contributed by atoms with Crippen LogP contribution in [0.3, 0.4) is 0 Å². The van der Waals surface area contributed by atoms with Gasteiger partial charge in [0, 0.05) is 0 Å². The minimum atomic E-state index is -0.605. The van der Waals surface area contributed by atoms with Crippen LogP contribution in [-0.2, 0) is 9.47 Å². The molecule has 116 valence electrons. The first kappa shape index (κ1) is 16.0. The SMILES string of the molecule is COC(=O)c1cc(Oc2cccc(C#N)c2)cc(C(=O)OC)c1. The maximum Gasteiger partial charge on any atom is 0.338 e. The Morgan fingerprint density at radius 1 is 0.913 bits per heavy atom. The van der Waals surface area contributed by atoms with E-state index in [0.717, 1.165) is 0 Å². The van der Waals surface area contributed by atoms with Crippen LogP contribution in [0.25, 0.3) is 0 Å². The Morgan fingerprint density at radius 3 is 2.04 bits per heavy atom. The molecule has 0 N–H and O–H groups in total. The van der Waals surface area contributed by atoms with Gasteiger partial charge in [0.2, 0.25) is 0 Å². The largest absolute Gasteiger partial charge is 0.465 e. The smallest absolute Gasteiger partial charge is 0.338 e. The third kappa shape index (κ3) is 3.86. The third-order valence-corrected chi connectivity index (χ3v) is 2.95. The highest BCUT2D eigenvalue weighted by Crippen LogP contribution is 2.25. The second kappa shape index (κ2) is 7.09. The summed E-state index contributed by atoms with van der Waals surface area (Å²) < 4.78 is 14.9. The Balaban J connectivity index is 2.42. The van der Waals surface area contributed by atoms with Gasteiger partial charge in [0.1, 0.15) is 11.5 Å². The van der Waals surface area contributed by atoms with Crippen molar-refractivity contribution in [2.75, 3.05) is 14.2 Å². The van der Waals surface area contributed by atoms with E-state index in [1.165, 1.54) is 32.4 Å². The van der Waals surface area contributed by atoms with Gasteiger partial charge in [-0.3, -0.25) is 0 Å². The van der Waals surface area contributed by atoms with E-state index in [0.29, 0.717) is 11.3 Å². The van der Waals surface area contributed by atoms with Crippen molar-refractivity contribution in [3.63, 3.8) is 0 Å². The van der Waals surface area contributed by atoms with Crippen molar-refractivity contribution < 1.29 is 23.8 Å². The van der Waals surface area contributed by atoms with Crippen molar-refractivity contribution in [3.8, 4) is 17.6 Å². The summed E-state index contributed by atoms with van der Waals surface area (Å²) in [7, 11) is 2.48. The van der Waals surface area contributed by atoms with Crippen LogP contribution >= 0.6 is 0 Å². The van der Waals surface area contributed by atoms with Gasteiger partial charge < -0.3 is 14.2 Å². The van der Waals surface area contributed by atoms with Crippen molar-refractivity contribution in [1.29, 1.82) is 5.26 Å². The Labute approximate surface area is 132 Å². The number of benzene rings is 2. The molecular weight excluding hydrogens is 298 g/mol. The number of esters is 2. The standard InChI is InChI=1S/C17H13NO5/c1-21-16(19)12-7-13(17(20)22-2)9-15(8-12)23-14-5-3-4-11(6-14)10-18/h3-9H,1-2H3. The summed E-state index contributed by atoms with van der Waals surface area (Å²) in [4.78, 5) is 23.4. The van der Waals surface area contributed by atoms with E-state index in [2.05, 4.69) is 9.47 Å². The molecule has 0 aromatic heterocycles. The van der Waals surface area contributed by atoms with Crippen molar-refractivity contribution >= 4 is 11.9 Å². The number of rotatable bonds is 4. The van der Waals surface area contributed by atoms with Gasteiger partial charge in [-0.15, -0.1) is 0 Å². The Hall–Kier alpha value is -3.33. The summed E-state index contributed by atoms with van der Waals surface area (Å²) in [5.74, 6) is -0.553. The van der Waals surface area contributed by atoms with Crippen molar-refractivity contribution in [2.24, 2.45) is 0 Å². The fraction of sp³-hybridized carbons (Fsp3) is 0.118. The van der Waals surface area contributed by atoms with Crippen LogP contribution in [0.5, 0.6) is 11.5 Å². The lowest BCUT2D eigenvalue weighted by Crippen LogP contribution is -2.07. The molecule has 6 nitrogen and oxygen atoms in total. The molecule has 0 saturated carbocycles. The predicted octanol–water partition coefficient (Wildman–Crippen LogP) is 2.92. The van der Waals surface area contributed by atoms with E-state index in [1.54, 1.807) is 24.3 Å². The number of carbonyl (C=O) groups excluding carboxylic acids is 2. The van der Waals surface area contributed by atoms with E-state index in [-0.39, 0.29) is 16.9 Å². The average molecular weight is 311 g/mol. The van der Waals surface area contributed by atoms with E-state index in [1.807, 2.05) is 6.07 Å². The van der Waals surface area contributed by atoms with Crippen LogP contribution in [-0.4, -0.2) is 26.2 Å². The summed E-state index contributed by atoms with van der Waals surface area (Å²) in [5, 5.41) is 8.90. The number of hydrogen-bond acceptors (Lipinski definition) is 6. The highest BCUT2D eigenvalue weighted by atomic mass is 16.5. The number of methoxy groups -OCH3 is 2. The summed E-state index contributed by atoms with van der Waals surface area (Å²) >= 11 is 0. The normalized spacial score (nSPS) is 9.61. The van der Waals surface area contributed by atoms with Crippen LogP contribution < -0.4 is 4.74 Å². The van der Waals surface area contributed by atoms with Gasteiger partial charge in [-0.05, 0) is 36.4 Å². The molecule has 2 aromatic carbocycles. The van der Waals surface area contributed by atoms with Crippen molar-refractivity contribution in [3.05, 3.63) is 59.2 Å². The first-order valence-corrected chi connectivity index (χ1v) is 6.57. The maximum absolute atomic E-state index is 11.7. The lowest BCUT2D eigenvalue weighted by atomic mass is 10.1. The van der Waals surface area contributed by atoms with E-state index >= 15 is 0 Å². The highest BCUT2D eigenvalue weighted by molar-refractivity contribution is 5.96. The van der Waals surface area contributed by atoms with Crippen LogP contribution in [0.2, 0.25) is 0 Å². The zero-order chi connectivity index (χ0) is 16.8. The maximum atomic E-state index is 11.7. The van der Waals surface area contributed by atoms with Gasteiger partial charge in [0.15, 0.2) is 0 Å². The number of nitrogens with zero attached hydrogens (tertiary/aromatic N) is 1. The number of hydrogen-bond donors (Lipinski definition) is 0. The average Bonchev–Trinajstić information content (AvgIpc) is 2.60. The molecule has 0 bridgehead atoms. The molecule has 0 amide bonds. The zero-order valence-electron chi connectivity index (χ0n) is 12.5. The lowest BCUT2D eigenvalue weighted by molar-refractivity contribution is 0.0598. The summed E-state index contributed by atoms with van der Waals surface area (Å²) in [6, 6.07) is 12.7. The topological polar surface area (TPSA) is 85.6 Å². The second-order valence-corrected chi connectivity index (χ2v) is 4.47. The quantitative estimate of drug-likeness (QED) is 0.807. The molecule has 0 fully saturated rings. The highest BCUT2D eigenvalue weighted by Gasteiger charge is 2.15. The molecule has 0 atom stereocenters. The molecule has 0 aliphatic heterocycles. The molecule has 0 radical (unpaired) electrons. The van der Waals surface area contributed by atoms with Crippen LogP contribution in [0, 0.1) is 11.3 Å². The molecule has 0 heterocycles. The van der Waals surface area contributed by atoms with Gasteiger partial charge in [-0.2, -0.15) is 5.26 Å². The Morgan fingerprint density at radius 2 is 1.52 bits per heavy atom. The van der Waals surface area contributed by atoms with E-state index in [4.69, 9.17) is 10.00 Å². The Kier molecular flexibility index (Phi) is 4.95.